The summed E-state index contributed by atoms with van der Waals surface area (Å²) in [7, 11) is 0. The molecule has 2 saturated heterocycles. The Morgan fingerprint density at radius 2 is 2.08 bits per heavy atom. The SMILES string of the molecule is O=C(Cc1ccc(C(=O)O)c(F)c1)NCC12CC(CO)(CCO1)C2. The van der Waals surface area contributed by atoms with Gasteiger partial charge in [0.15, 0.2) is 0 Å². The zero-order chi connectivity index (χ0) is 17.4. The van der Waals surface area contributed by atoms with Crippen LogP contribution in [-0.4, -0.2) is 47.4 Å². The Bertz CT molecular complexity index is 669. The molecule has 6 nitrogen and oxygen atoms in total. The Labute approximate surface area is 138 Å². The van der Waals surface area contributed by atoms with E-state index in [-0.39, 0.29) is 24.3 Å². The molecule has 130 valence electrons. The Morgan fingerprint density at radius 1 is 1.33 bits per heavy atom. The molecule has 2 heterocycles. The summed E-state index contributed by atoms with van der Waals surface area (Å²) in [5.74, 6) is -2.47. The molecule has 2 bridgehead atoms. The summed E-state index contributed by atoms with van der Waals surface area (Å²) in [6, 6.07) is 3.66. The summed E-state index contributed by atoms with van der Waals surface area (Å²) < 4.78 is 19.4. The van der Waals surface area contributed by atoms with Gasteiger partial charge in [-0.15, -0.1) is 0 Å². The summed E-state index contributed by atoms with van der Waals surface area (Å²) in [6.45, 7) is 1.09. The molecular formula is C17H20FNO5. The van der Waals surface area contributed by atoms with Gasteiger partial charge < -0.3 is 20.3 Å². The number of benzene rings is 1. The van der Waals surface area contributed by atoms with Gasteiger partial charge in [-0.25, -0.2) is 9.18 Å². The first kappa shape index (κ1) is 16.9. The molecule has 4 rings (SSSR count). The van der Waals surface area contributed by atoms with Crippen molar-refractivity contribution in [1.29, 1.82) is 0 Å². The molecule has 0 aromatic heterocycles. The number of carbonyl (C=O) groups excluding carboxylic acids is 1. The minimum atomic E-state index is -1.34. The number of aromatic carboxylic acids is 1. The van der Waals surface area contributed by atoms with Crippen molar-refractivity contribution in [1.82, 2.24) is 5.32 Å². The Hall–Kier alpha value is -1.99. The van der Waals surface area contributed by atoms with E-state index in [1.807, 2.05) is 0 Å². The third-order valence-corrected chi connectivity index (χ3v) is 5.01. The lowest BCUT2D eigenvalue weighted by Crippen LogP contribution is -2.64. The third-order valence-electron chi connectivity index (χ3n) is 5.01. The highest BCUT2D eigenvalue weighted by atomic mass is 19.1. The van der Waals surface area contributed by atoms with Gasteiger partial charge in [-0.3, -0.25) is 4.79 Å². The summed E-state index contributed by atoms with van der Waals surface area (Å²) >= 11 is 0. The number of carboxylic acid groups (broad SMARTS) is 1. The van der Waals surface area contributed by atoms with E-state index in [2.05, 4.69) is 5.32 Å². The highest BCUT2D eigenvalue weighted by Gasteiger charge is 2.58. The van der Waals surface area contributed by atoms with Crippen LogP contribution in [0.15, 0.2) is 18.2 Å². The molecule has 0 spiro atoms. The minimum absolute atomic E-state index is 0.0297. The summed E-state index contributed by atoms with van der Waals surface area (Å²) in [5.41, 5.74) is -0.452. The van der Waals surface area contributed by atoms with Crippen molar-refractivity contribution in [2.24, 2.45) is 5.41 Å². The van der Waals surface area contributed by atoms with E-state index in [1.165, 1.54) is 6.07 Å². The number of ether oxygens (including phenoxy) is 1. The van der Waals surface area contributed by atoms with Gasteiger partial charge in [0.1, 0.15) is 5.82 Å². The van der Waals surface area contributed by atoms with E-state index < -0.39 is 23.0 Å². The molecule has 24 heavy (non-hydrogen) atoms. The van der Waals surface area contributed by atoms with Gasteiger partial charge in [-0.05, 0) is 37.0 Å². The van der Waals surface area contributed by atoms with Crippen LogP contribution < -0.4 is 5.32 Å². The van der Waals surface area contributed by atoms with Crippen LogP contribution in [-0.2, 0) is 16.0 Å². The fourth-order valence-corrected chi connectivity index (χ4v) is 3.79. The molecule has 3 aliphatic rings. The highest BCUT2D eigenvalue weighted by Crippen LogP contribution is 2.55. The zero-order valence-corrected chi connectivity index (χ0v) is 13.2. The highest BCUT2D eigenvalue weighted by molar-refractivity contribution is 5.88. The van der Waals surface area contributed by atoms with Crippen molar-refractivity contribution >= 4 is 11.9 Å². The first-order valence-corrected chi connectivity index (χ1v) is 7.90. The van der Waals surface area contributed by atoms with E-state index in [0.29, 0.717) is 18.7 Å². The van der Waals surface area contributed by atoms with Crippen LogP contribution in [0.4, 0.5) is 4.39 Å². The molecule has 1 saturated carbocycles. The normalized spacial score (nSPS) is 28.1. The Balaban J connectivity index is 1.53. The zero-order valence-electron chi connectivity index (χ0n) is 13.2. The lowest BCUT2D eigenvalue weighted by atomic mass is 9.56. The molecule has 7 heteroatoms. The van der Waals surface area contributed by atoms with Crippen LogP contribution in [0.1, 0.15) is 35.2 Å². The monoisotopic (exact) mass is 337 g/mol. The average molecular weight is 337 g/mol. The second kappa shape index (κ2) is 6.14. The number of nitrogens with one attached hydrogen (secondary N) is 1. The maximum Gasteiger partial charge on any atom is 0.338 e. The van der Waals surface area contributed by atoms with Crippen LogP contribution in [0.25, 0.3) is 0 Å². The largest absolute Gasteiger partial charge is 0.478 e. The second-order valence-corrected chi connectivity index (χ2v) is 6.87. The van der Waals surface area contributed by atoms with E-state index >= 15 is 0 Å². The van der Waals surface area contributed by atoms with E-state index in [1.54, 1.807) is 0 Å². The molecule has 2 aliphatic heterocycles. The molecule has 1 aromatic carbocycles. The quantitative estimate of drug-likeness (QED) is 0.723. The number of aliphatic hydroxyl groups excluding tert-OH is 1. The van der Waals surface area contributed by atoms with Crippen LogP contribution in [0.5, 0.6) is 0 Å². The van der Waals surface area contributed by atoms with E-state index in [9.17, 15) is 19.1 Å². The van der Waals surface area contributed by atoms with Gasteiger partial charge in [0.2, 0.25) is 5.91 Å². The third kappa shape index (κ3) is 3.14. The summed E-state index contributed by atoms with van der Waals surface area (Å²) in [4.78, 5) is 22.8. The van der Waals surface area contributed by atoms with Crippen molar-refractivity contribution < 1.29 is 28.9 Å². The molecule has 0 unspecified atom stereocenters. The number of halogens is 1. The number of carbonyl (C=O) groups is 2. The fourth-order valence-electron chi connectivity index (χ4n) is 3.79. The lowest BCUT2D eigenvalue weighted by Gasteiger charge is -2.59. The number of rotatable bonds is 6. The van der Waals surface area contributed by atoms with Crippen LogP contribution in [0.3, 0.4) is 0 Å². The molecule has 1 aromatic rings. The van der Waals surface area contributed by atoms with Gasteiger partial charge in [-0.1, -0.05) is 6.07 Å². The Morgan fingerprint density at radius 3 is 2.71 bits per heavy atom. The van der Waals surface area contributed by atoms with Crippen molar-refractivity contribution in [3.8, 4) is 0 Å². The second-order valence-electron chi connectivity index (χ2n) is 6.87. The first-order valence-electron chi connectivity index (χ1n) is 7.90. The molecule has 0 radical (unpaired) electrons. The predicted octanol–water partition coefficient (Wildman–Crippen LogP) is 1.11. The smallest absolute Gasteiger partial charge is 0.338 e. The molecule has 3 fully saturated rings. The van der Waals surface area contributed by atoms with Crippen molar-refractivity contribution in [2.45, 2.75) is 31.3 Å². The summed E-state index contributed by atoms with van der Waals surface area (Å²) in [5, 5.41) is 21.0. The summed E-state index contributed by atoms with van der Waals surface area (Å²) in [6.07, 6.45) is 2.28. The van der Waals surface area contributed by atoms with Crippen molar-refractivity contribution in [2.75, 3.05) is 19.8 Å². The molecule has 1 aliphatic carbocycles. The van der Waals surface area contributed by atoms with Crippen molar-refractivity contribution in [3.63, 3.8) is 0 Å². The lowest BCUT2D eigenvalue weighted by molar-refractivity contribution is -0.232. The van der Waals surface area contributed by atoms with Gasteiger partial charge in [0.05, 0.1) is 17.6 Å². The Kier molecular flexibility index (Phi) is 4.31. The van der Waals surface area contributed by atoms with Crippen LogP contribution in [0.2, 0.25) is 0 Å². The minimum Gasteiger partial charge on any atom is -0.478 e. The van der Waals surface area contributed by atoms with E-state index in [4.69, 9.17) is 9.84 Å². The van der Waals surface area contributed by atoms with Crippen LogP contribution >= 0.6 is 0 Å². The molecule has 0 atom stereocenters. The van der Waals surface area contributed by atoms with Gasteiger partial charge in [0, 0.05) is 25.2 Å². The van der Waals surface area contributed by atoms with Crippen molar-refractivity contribution in [3.05, 3.63) is 35.1 Å². The van der Waals surface area contributed by atoms with Gasteiger partial charge in [0.25, 0.3) is 0 Å². The number of hydrogen-bond acceptors (Lipinski definition) is 4. The number of amides is 1. The molecule has 3 N–H and O–H groups in total. The van der Waals surface area contributed by atoms with Crippen LogP contribution in [0, 0.1) is 11.2 Å². The number of fused-ring (bicyclic) bond motifs is 2. The predicted molar refractivity (Wildman–Crippen MR) is 82.1 cm³/mol. The topological polar surface area (TPSA) is 95.9 Å². The van der Waals surface area contributed by atoms with Gasteiger partial charge in [-0.2, -0.15) is 0 Å². The van der Waals surface area contributed by atoms with Gasteiger partial charge >= 0.3 is 5.97 Å². The fraction of sp³-hybridized carbons (Fsp3) is 0.529. The first-order chi connectivity index (χ1) is 11.4. The maximum atomic E-state index is 13.6. The molecule has 1 amide bonds. The standard InChI is InChI=1S/C17H20FNO5/c18-13-5-11(1-2-12(13)15(22)23)6-14(21)19-9-17-7-16(8-17,10-20)3-4-24-17/h1-2,5,20H,3-4,6-10H2,(H,19,21)(H,22,23). The maximum absolute atomic E-state index is 13.6. The molecular weight excluding hydrogens is 317 g/mol. The number of carboxylic acids is 1. The number of hydrogen-bond donors (Lipinski definition) is 3. The number of aliphatic hydroxyl groups is 1. The average Bonchev–Trinajstić information content (AvgIpc) is 2.52. The van der Waals surface area contributed by atoms with E-state index in [0.717, 1.165) is 31.4 Å².